The second-order valence-corrected chi connectivity index (χ2v) is 4.07. The standard InChI is InChI=1S/C14H18/c1-10(2)8-13(5)14-9-11(3)6-7-12(14)4/h6-9H,4H2,1-3,5H3/b14-13-. The lowest BCUT2D eigenvalue weighted by molar-refractivity contribution is 1.36. The van der Waals surface area contributed by atoms with Gasteiger partial charge in [-0.25, -0.2) is 0 Å². The third-order valence-corrected chi connectivity index (χ3v) is 2.20. The Labute approximate surface area is 86.3 Å². The first-order valence-electron chi connectivity index (χ1n) is 4.92. The van der Waals surface area contributed by atoms with Crippen LogP contribution < -0.4 is 10.4 Å². The molecule has 0 N–H and O–H groups in total. The molecule has 0 unspecified atom stereocenters. The van der Waals surface area contributed by atoms with Crippen molar-refractivity contribution in [1.82, 2.24) is 0 Å². The predicted molar refractivity (Wildman–Crippen MR) is 64.5 cm³/mol. The fraction of sp³-hybridized carbons (Fsp3) is 0.286. The normalized spacial score (nSPS) is 12.3. The second kappa shape index (κ2) is 4.28. The predicted octanol–water partition coefficient (Wildman–Crippen LogP) is 2.54. The summed E-state index contributed by atoms with van der Waals surface area (Å²) in [4.78, 5) is 0. The monoisotopic (exact) mass is 186 g/mol. The van der Waals surface area contributed by atoms with E-state index in [1.165, 1.54) is 21.9 Å². The van der Waals surface area contributed by atoms with E-state index in [4.69, 9.17) is 0 Å². The molecule has 0 radical (unpaired) electrons. The van der Waals surface area contributed by atoms with Crippen LogP contribution in [0, 0.1) is 6.92 Å². The summed E-state index contributed by atoms with van der Waals surface area (Å²) in [6.45, 7) is 12.5. The maximum atomic E-state index is 4.04. The van der Waals surface area contributed by atoms with Crippen molar-refractivity contribution in [3.05, 3.63) is 45.8 Å². The zero-order chi connectivity index (χ0) is 10.7. The van der Waals surface area contributed by atoms with Gasteiger partial charge in [-0.3, -0.25) is 0 Å². The highest BCUT2D eigenvalue weighted by Crippen LogP contribution is 1.99. The lowest BCUT2D eigenvalue weighted by atomic mass is 10.1. The van der Waals surface area contributed by atoms with Gasteiger partial charge in [-0.05, 0) is 43.7 Å². The maximum Gasteiger partial charge on any atom is -0.0158 e. The van der Waals surface area contributed by atoms with Crippen LogP contribution in [0.3, 0.4) is 0 Å². The third kappa shape index (κ3) is 2.59. The smallest absolute Gasteiger partial charge is 0.0158 e. The molecular weight excluding hydrogens is 168 g/mol. The first-order valence-corrected chi connectivity index (χ1v) is 4.92. The number of benzene rings is 1. The van der Waals surface area contributed by atoms with E-state index in [2.05, 4.69) is 58.5 Å². The van der Waals surface area contributed by atoms with Gasteiger partial charge in [0.25, 0.3) is 0 Å². The molecule has 1 rings (SSSR count). The first kappa shape index (κ1) is 10.8. The molecule has 14 heavy (non-hydrogen) atoms. The number of rotatable bonds is 1. The Hall–Kier alpha value is -1.30. The Morgan fingerprint density at radius 2 is 1.86 bits per heavy atom. The Bertz CT molecular complexity index is 457. The highest BCUT2D eigenvalue weighted by molar-refractivity contribution is 5.55. The molecule has 0 nitrogen and oxygen atoms in total. The van der Waals surface area contributed by atoms with Crippen LogP contribution in [0.4, 0.5) is 0 Å². The van der Waals surface area contributed by atoms with Crippen LogP contribution in [-0.4, -0.2) is 0 Å². The Morgan fingerprint density at radius 1 is 1.21 bits per heavy atom. The van der Waals surface area contributed by atoms with Crippen molar-refractivity contribution in [3.63, 3.8) is 0 Å². The van der Waals surface area contributed by atoms with E-state index in [1.54, 1.807) is 0 Å². The molecule has 0 atom stereocenters. The summed E-state index contributed by atoms with van der Waals surface area (Å²) in [5, 5.41) is 2.36. The highest BCUT2D eigenvalue weighted by Gasteiger charge is 1.90. The number of aryl methyl sites for hydroxylation is 1. The average molecular weight is 186 g/mol. The Balaban J connectivity index is 3.51. The molecule has 0 aliphatic heterocycles. The lowest BCUT2D eigenvalue weighted by Gasteiger charge is -1.98. The molecule has 0 saturated carbocycles. The van der Waals surface area contributed by atoms with Gasteiger partial charge >= 0.3 is 0 Å². The van der Waals surface area contributed by atoms with E-state index < -0.39 is 0 Å². The van der Waals surface area contributed by atoms with Gasteiger partial charge in [0.05, 0.1) is 0 Å². The summed E-state index contributed by atoms with van der Waals surface area (Å²) in [5.74, 6) is 0. The zero-order valence-electron chi connectivity index (χ0n) is 9.52. The van der Waals surface area contributed by atoms with E-state index >= 15 is 0 Å². The van der Waals surface area contributed by atoms with Gasteiger partial charge in [-0.1, -0.05) is 42.0 Å². The van der Waals surface area contributed by atoms with Gasteiger partial charge in [0.1, 0.15) is 0 Å². The largest absolute Gasteiger partial charge is 0.0911 e. The molecule has 0 fully saturated rings. The minimum atomic E-state index is 1.10. The van der Waals surface area contributed by atoms with E-state index in [0.717, 1.165) is 5.22 Å². The number of allylic oxidation sites excluding steroid dienone is 2. The van der Waals surface area contributed by atoms with Crippen LogP contribution in [0.15, 0.2) is 29.8 Å². The fourth-order valence-corrected chi connectivity index (χ4v) is 1.57. The summed E-state index contributed by atoms with van der Waals surface area (Å²) >= 11 is 0. The van der Waals surface area contributed by atoms with Crippen LogP contribution in [-0.2, 0) is 0 Å². The summed E-state index contributed by atoms with van der Waals surface area (Å²) in [7, 11) is 0. The molecule has 0 saturated heterocycles. The van der Waals surface area contributed by atoms with E-state index in [1.807, 2.05) is 0 Å². The van der Waals surface area contributed by atoms with Crippen LogP contribution in [0.2, 0.25) is 0 Å². The molecule has 1 aromatic carbocycles. The summed E-state index contributed by atoms with van der Waals surface area (Å²) in [6.07, 6.45) is 2.20. The van der Waals surface area contributed by atoms with Crippen molar-refractivity contribution in [2.75, 3.05) is 0 Å². The zero-order valence-corrected chi connectivity index (χ0v) is 9.52. The molecule has 0 heterocycles. The summed E-state index contributed by atoms with van der Waals surface area (Å²) < 4.78 is 0. The van der Waals surface area contributed by atoms with E-state index in [9.17, 15) is 0 Å². The molecule has 0 aliphatic rings. The quantitative estimate of drug-likeness (QED) is 0.632. The van der Waals surface area contributed by atoms with E-state index in [-0.39, 0.29) is 0 Å². The molecular formula is C14H18. The topological polar surface area (TPSA) is 0 Å². The lowest BCUT2D eigenvalue weighted by Crippen LogP contribution is -2.24. The van der Waals surface area contributed by atoms with Crippen molar-refractivity contribution in [1.29, 1.82) is 0 Å². The third-order valence-electron chi connectivity index (χ3n) is 2.20. The van der Waals surface area contributed by atoms with Crippen molar-refractivity contribution < 1.29 is 0 Å². The van der Waals surface area contributed by atoms with Crippen molar-refractivity contribution >= 4 is 12.2 Å². The van der Waals surface area contributed by atoms with Crippen LogP contribution in [0.25, 0.3) is 12.2 Å². The van der Waals surface area contributed by atoms with Gasteiger partial charge in [0, 0.05) is 0 Å². The molecule has 0 aromatic heterocycles. The second-order valence-electron chi connectivity index (χ2n) is 4.07. The highest BCUT2D eigenvalue weighted by atomic mass is 14.0. The SMILES string of the molecule is C=c1ccc(C)c/c1=C(\C)C=C(C)C. The molecule has 0 aliphatic carbocycles. The number of hydrogen-bond acceptors (Lipinski definition) is 0. The van der Waals surface area contributed by atoms with Gasteiger partial charge in [0.2, 0.25) is 0 Å². The van der Waals surface area contributed by atoms with Crippen LogP contribution in [0.5, 0.6) is 0 Å². The molecule has 74 valence electrons. The van der Waals surface area contributed by atoms with Gasteiger partial charge in [0.15, 0.2) is 0 Å². The van der Waals surface area contributed by atoms with Crippen molar-refractivity contribution in [2.45, 2.75) is 27.7 Å². The Kier molecular flexibility index (Phi) is 3.29. The first-order chi connectivity index (χ1) is 6.50. The van der Waals surface area contributed by atoms with Gasteiger partial charge < -0.3 is 0 Å². The Morgan fingerprint density at radius 3 is 2.43 bits per heavy atom. The molecule has 0 bridgehead atoms. The summed E-state index contributed by atoms with van der Waals surface area (Å²) in [5.41, 5.74) is 3.90. The minimum absolute atomic E-state index is 1.10. The van der Waals surface area contributed by atoms with Crippen molar-refractivity contribution in [2.24, 2.45) is 0 Å². The fourth-order valence-electron chi connectivity index (χ4n) is 1.57. The maximum absolute atomic E-state index is 4.04. The summed E-state index contributed by atoms with van der Waals surface area (Å²) in [6, 6.07) is 6.37. The minimum Gasteiger partial charge on any atom is -0.0911 e. The molecule has 0 heteroatoms. The van der Waals surface area contributed by atoms with Crippen molar-refractivity contribution in [3.8, 4) is 0 Å². The van der Waals surface area contributed by atoms with Gasteiger partial charge in [-0.2, -0.15) is 0 Å². The molecule has 0 spiro atoms. The number of hydrogen-bond donors (Lipinski definition) is 0. The molecule has 1 aromatic rings. The molecule has 0 amide bonds. The van der Waals surface area contributed by atoms with E-state index in [0.29, 0.717) is 0 Å². The van der Waals surface area contributed by atoms with Crippen LogP contribution in [0.1, 0.15) is 26.3 Å². The average Bonchev–Trinajstić information content (AvgIpc) is 2.08. The van der Waals surface area contributed by atoms with Gasteiger partial charge in [-0.15, -0.1) is 0 Å². The van der Waals surface area contributed by atoms with Crippen LogP contribution >= 0.6 is 0 Å².